The molecular weight excluding hydrogens is 172 g/mol. The highest BCUT2D eigenvalue weighted by Gasteiger charge is 1.99. The minimum Gasteiger partial charge on any atom is -0.395 e. The SMILES string of the molecule is OCCNc1nnc2nccn2n1. The molecule has 0 unspecified atom stereocenters. The number of fused-ring (bicyclic) bond motifs is 1. The summed E-state index contributed by atoms with van der Waals surface area (Å²) in [6.45, 7) is 0.438. The lowest BCUT2D eigenvalue weighted by molar-refractivity contribution is 0.310. The highest BCUT2D eigenvalue weighted by molar-refractivity contribution is 5.27. The van der Waals surface area contributed by atoms with Gasteiger partial charge in [-0.2, -0.15) is 4.52 Å². The standard InChI is InChI=1S/C6H8N6O/c13-4-2-7-5-9-10-6-8-1-3-12(6)11-5/h1,3,13H,2,4H2,(H,7,11). The molecule has 2 N–H and O–H groups in total. The van der Waals surface area contributed by atoms with Crippen LogP contribution in [0.4, 0.5) is 5.95 Å². The predicted molar refractivity (Wildman–Crippen MR) is 44.2 cm³/mol. The lowest BCUT2D eigenvalue weighted by Gasteiger charge is -1.99. The maximum absolute atomic E-state index is 8.54. The molecular formula is C6H8N6O. The molecule has 0 aromatic carbocycles. The molecule has 2 rings (SSSR count). The van der Waals surface area contributed by atoms with Gasteiger partial charge in [-0.05, 0) is 0 Å². The molecule has 0 saturated carbocycles. The quantitative estimate of drug-likeness (QED) is 0.624. The first kappa shape index (κ1) is 7.87. The minimum atomic E-state index is 0.0331. The summed E-state index contributed by atoms with van der Waals surface area (Å²) >= 11 is 0. The Balaban J connectivity index is 2.26. The largest absolute Gasteiger partial charge is 0.395 e. The van der Waals surface area contributed by atoms with Crippen LogP contribution in [0.2, 0.25) is 0 Å². The van der Waals surface area contributed by atoms with Gasteiger partial charge in [-0.15, -0.1) is 15.3 Å². The molecule has 13 heavy (non-hydrogen) atoms. The van der Waals surface area contributed by atoms with E-state index in [4.69, 9.17) is 5.11 Å². The molecule has 0 aliphatic heterocycles. The number of aliphatic hydroxyl groups is 1. The van der Waals surface area contributed by atoms with E-state index in [0.29, 0.717) is 18.3 Å². The second-order valence-electron chi connectivity index (χ2n) is 2.35. The van der Waals surface area contributed by atoms with Crippen molar-refractivity contribution in [3.8, 4) is 0 Å². The van der Waals surface area contributed by atoms with Crippen molar-refractivity contribution in [2.45, 2.75) is 0 Å². The summed E-state index contributed by atoms with van der Waals surface area (Å²) in [5.74, 6) is 0.828. The number of rotatable bonds is 3. The molecule has 2 aromatic rings. The zero-order valence-electron chi connectivity index (χ0n) is 6.75. The van der Waals surface area contributed by atoms with Crippen LogP contribution in [-0.4, -0.2) is 43.1 Å². The highest BCUT2D eigenvalue weighted by atomic mass is 16.3. The first-order valence-corrected chi connectivity index (χ1v) is 3.79. The fourth-order valence-corrected chi connectivity index (χ4v) is 0.891. The van der Waals surface area contributed by atoms with Gasteiger partial charge in [-0.25, -0.2) is 4.98 Å². The number of imidazole rings is 1. The Morgan fingerprint density at radius 2 is 2.38 bits per heavy atom. The monoisotopic (exact) mass is 180 g/mol. The van der Waals surface area contributed by atoms with Crippen LogP contribution in [0.1, 0.15) is 0 Å². The molecule has 0 spiro atoms. The van der Waals surface area contributed by atoms with E-state index in [-0.39, 0.29) is 6.61 Å². The number of aliphatic hydroxyl groups excluding tert-OH is 1. The van der Waals surface area contributed by atoms with Crippen molar-refractivity contribution in [2.75, 3.05) is 18.5 Å². The summed E-state index contributed by atoms with van der Waals surface area (Å²) in [5, 5.41) is 22.9. The Morgan fingerprint density at radius 1 is 1.46 bits per heavy atom. The maximum Gasteiger partial charge on any atom is 0.270 e. The number of hydrogen-bond donors (Lipinski definition) is 2. The molecule has 0 fully saturated rings. The molecule has 2 heterocycles. The first-order valence-electron chi connectivity index (χ1n) is 3.79. The van der Waals surface area contributed by atoms with E-state index in [1.807, 2.05) is 0 Å². The summed E-state index contributed by atoms with van der Waals surface area (Å²) in [5.41, 5.74) is 0. The van der Waals surface area contributed by atoms with Gasteiger partial charge >= 0.3 is 0 Å². The van der Waals surface area contributed by atoms with Crippen molar-refractivity contribution in [1.82, 2.24) is 24.8 Å². The normalized spacial score (nSPS) is 10.5. The Hall–Kier alpha value is -1.76. The Morgan fingerprint density at radius 3 is 3.23 bits per heavy atom. The van der Waals surface area contributed by atoms with Crippen LogP contribution in [0.25, 0.3) is 5.78 Å². The Kier molecular flexibility index (Phi) is 2.01. The second-order valence-corrected chi connectivity index (χ2v) is 2.35. The van der Waals surface area contributed by atoms with Crippen molar-refractivity contribution >= 4 is 11.7 Å². The summed E-state index contributed by atoms with van der Waals surface area (Å²) in [7, 11) is 0. The van der Waals surface area contributed by atoms with Crippen molar-refractivity contribution in [1.29, 1.82) is 0 Å². The summed E-state index contributed by atoms with van der Waals surface area (Å²) in [4.78, 5) is 3.89. The Bertz CT molecular complexity index is 399. The van der Waals surface area contributed by atoms with Gasteiger partial charge in [0.1, 0.15) is 0 Å². The smallest absolute Gasteiger partial charge is 0.270 e. The molecule has 7 heteroatoms. The average Bonchev–Trinajstić information content (AvgIpc) is 2.61. The number of nitrogens with one attached hydrogen (secondary N) is 1. The summed E-state index contributed by atoms with van der Waals surface area (Å²) < 4.78 is 1.51. The molecule has 2 aromatic heterocycles. The Labute approximate surface area is 73.4 Å². The molecule has 68 valence electrons. The minimum absolute atomic E-state index is 0.0331. The topological polar surface area (TPSA) is 88.2 Å². The first-order chi connectivity index (χ1) is 6.40. The van der Waals surface area contributed by atoms with Gasteiger partial charge in [0, 0.05) is 12.7 Å². The van der Waals surface area contributed by atoms with Crippen LogP contribution in [0.15, 0.2) is 12.4 Å². The number of nitrogens with zero attached hydrogens (tertiary/aromatic N) is 5. The molecule has 7 nitrogen and oxygen atoms in total. The van der Waals surface area contributed by atoms with Gasteiger partial charge in [-0.1, -0.05) is 0 Å². The van der Waals surface area contributed by atoms with Crippen LogP contribution in [0, 0.1) is 0 Å². The van der Waals surface area contributed by atoms with Gasteiger partial charge in [0.25, 0.3) is 11.7 Å². The van der Waals surface area contributed by atoms with E-state index in [1.54, 1.807) is 12.4 Å². The van der Waals surface area contributed by atoms with Crippen molar-refractivity contribution < 1.29 is 5.11 Å². The molecule has 0 amide bonds. The van der Waals surface area contributed by atoms with Gasteiger partial charge < -0.3 is 10.4 Å². The van der Waals surface area contributed by atoms with E-state index < -0.39 is 0 Å². The maximum atomic E-state index is 8.54. The summed E-state index contributed by atoms with van der Waals surface area (Å²) in [6, 6.07) is 0. The molecule has 0 radical (unpaired) electrons. The zero-order chi connectivity index (χ0) is 9.10. The fourth-order valence-electron chi connectivity index (χ4n) is 0.891. The van der Waals surface area contributed by atoms with E-state index in [2.05, 4.69) is 25.6 Å². The second kappa shape index (κ2) is 3.31. The zero-order valence-corrected chi connectivity index (χ0v) is 6.75. The predicted octanol–water partition coefficient (Wildman–Crippen LogP) is -1.08. The number of hydrogen-bond acceptors (Lipinski definition) is 6. The molecule has 0 aliphatic carbocycles. The van der Waals surface area contributed by atoms with Crippen LogP contribution in [-0.2, 0) is 0 Å². The van der Waals surface area contributed by atoms with E-state index >= 15 is 0 Å². The number of aromatic nitrogens is 5. The highest BCUT2D eigenvalue weighted by Crippen LogP contribution is 1.95. The summed E-state index contributed by atoms with van der Waals surface area (Å²) in [6.07, 6.45) is 3.26. The average molecular weight is 180 g/mol. The van der Waals surface area contributed by atoms with Crippen LogP contribution >= 0.6 is 0 Å². The van der Waals surface area contributed by atoms with Crippen molar-refractivity contribution in [2.24, 2.45) is 0 Å². The van der Waals surface area contributed by atoms with Gasteiger partial charge in [-0.3, -0.25) is 0 Å². The van der Waals surface area contributed by atoms with Crippen LogP contribution in [0.5, 0.6) is 0 Å². The third-order valence-corrected chi connectivity index (χ3v) is 1.43. The number of anilines is 1. The van der Waals surface area contributed by atoms with Gasteiger partial charge in [0.05, 0.1) is 12.8 Å². The molecule has 0 atom stereocenters. The van der Waals surface area contributed by atoms with Crippen molar-refractivity contribution in [3.63, 3.8) is 0 Å². The molecule has 0 saturated heterocycles. The van der Waals surface area contributed by atoms with E-state index in [1.165, 1.54) is 4.52 Å². The molecule has 0 bridgehead atoms. The van der Waals surface area contributed by atoms with Crippen molar-refractivity contribution in [3.05, 3.63) is 12.4 Å². The molecule has 0 aliphatic rings. The van der Waals surface area contributed by atoms with E-state index in [9.17, 15) is 0 Å². The fraction of sp³-hybridized carbons (Fsp3) is 0.333. The van der Waals surface area contributed by atoms with Crippen LogP contribution in [0.3, 0.4) is 0 Å². The van der Waals surface area contributed by atoms with Gasteiger partial charge in [0.15, 0.2) is 0 Å². The lowest BCUT2D eigenvalue weighted by Crippen LogP contribution is -2.11. The third kappa shape index (κ3) is 1.54. The van der Waals surface area contributed by atoms with E-state index in [0.717, 1.165) is 0 Å². The third-order valence-electron chi connectivity index (χ3n) is 1.43. The van der Waals surface area contributed by atoms with Gasteiger partial charge in [0.2, 0.25) is 0 Å². The lowest BCUT2D eigenvalue weighted by atomic mass is 10.7. The van der Waals surface area contributed by atoms with Crippen LogP contribution < -0.4 is 5.32 Å².